The van der Waals surface area contributed by atoms with Crippen molar-refractivity contribution in [3.63, 3.8) is 0 Å². The highest BCUT2D eigenvalue weighted by Crippen LogP contribution is 2.43. The van der Waals surface area contributed by atoms with Gasteiger partial charge in [0.15, 0.2) is 11.9 Å². The van der Waals surface area contributed by atoms with Crippen LogP contribution in [-0.4, -0.2) is 37.5 Å². The average molecular weight is 212 g/mol. The molecule has 1 saturated carbocycles. The van der Waals surface area contributed by atoms with E-state index in [9.17, 15) is 4.79 Å². The van der Waals surface area contributed by atoms with E-state index in [4.69, 9.17) is 14.2 Å². The molecule has 4 aliphatic rings. The number of hydrogen-bond acceptors (Lipinski definition) is 4. The van der Waals surface area contributed by atoms with Crippen LogP contribution in [0.2, 0.25) is 0 Å². The van der Waals surface area contributed by atoms with Crippen LogP contribution >= 0.6 is 0 Å². The Balaban J connectivity index is 1.95. The number of ketones is 1. The van der Waals surface area contributed by atoms with Gasteiger partial charge in [-0.25, -0.2) is 0 Å². The molecule has 15 heavy (non-hydrogen) atoms. The molecule has 0 amide bonds. The minimum absolute atomic E-state index is 0.0805. The van der Waals surface area contributed by atoms with Crippen molar-refractivity contribution < 1.29 is 19.0 Å². The van der Waals surface area contributed by atoms with Crippen molar-refractivity contribution in [1.82, 2.24) is 0 Å². The monoisotopic (exact) mass is 212 g/mol. The Morgan fingerprint density at radius 2 is 2.00 bits per heavy atom. The van der Waals surface area contributed by atoms with Gasteiger partial charge in [-0.2, -0.15) is 0 Å². The summed E-state index contributed by atoms with van der Waals surface area (Å²) in [4.78, 5) is 11.8. The standard InChI is InChI=1S/C11H16O4/c1-10-5-13-9-8(12)3-2-4-11(9,14-6-10)15-7-10/h9H,2-7H2,1H3. The molecule has 0 aromatic carbocycles. The van der Waals surface area contributed by atoms with E-state index in [1.807, 2.05) is 0 Å². The van der Waals surface area contributed by atoms with Gasteiger partial charge in [0.1, 0.15) is 0 Å². The summed E-state index contributed by atoms with van der Waals surface area (Å²) in [6, 6.07) is 0. The maximum atomic E-state index is 11.8. The summed E-state index contributed by atoms with van der Waals surface area (Å²) in [6.45, 7) is 3.90. The van der Waals surface area contributed by atoms with Crippen LogP contribution in [0.25, 0.3) is 0 Å². The summed E-state index contributed by atoms with van der Waals surface area (Å²) >= 11 is 0. The second-order valence-corrected chi connectivity index (χ2v) is 5.21. The average Bonchev–Trinajstić information content (AvgIpc) is 2.46. The summed E-state index contributed by atoms with van der Waals surface area (Å²) in [6.07, 6.45) is 1.72. The molecule has 1 aliphatic carbocycles. The highest BCUT2D eigenvalue weighted by molar-refractivity contribution is 5.85. The molecule has 84 valence electrons. The van der Waals surface area contributed by atoms with Gasteiger partial charge >= 0.3 is 0 Å². The topological polar surface area (TPSA) is 44.8 Å². The van der Waals surface area contributed by atoms with Crippen molar-refractivity contribution in [3.8, 4) is 0 Å². The minimum atomic E-state index is -0.759. The van der Waals surface area contributed by atoms with E-state index in [-0.39, 0.29) is 11.2 Å². The van der Waals surface area contributed by atoms with Gasteiger partial charge in [-0.1, -0.05) is 6.92 Å². The number of fused-ring (bicyclic) bond motifs is 3. The number of Topliss-reactive ketones (excluding diaryl/α,β-unsaturated/α-hetero) is 1. The molecule has 4 nitrogen and oxygen atoms in total. The van der Waals surface area contributed by atoms with Crippen molar-refractivity contribution in [1.29, 1.82) is 0 Å². The lowest BCUT2D eigenvalue weighted by Gasteiger charge is -2.44. The van der Waals surface area contributed by atoms with Crippen molar-refractivity contribution in [2.24, 2.45) is 5.41 Å². The Kier molecular flexibility index (Phi) is 1.97. The Morgan fingerprint density at radius 1 is 1.27 bits per heavy atom. The van der Waals surface area contributed by atoms with Gasteiger partial charge < -0.3 is 14.2 Å². The number of rotatable bonds is 0. The maximum Gasteiger partial charge on any atom is 0.202 e. The van der Waals surface area contributed by atoms with Gasteiger partial charge in [-0.3, -0.25) is 4.79 Å². The molecular formula is C11H16O4. The summed E-state index contributed by atoms with van der Waals surface area (Å²) in [5, 5.41) is 0. The van der Waals surface area contributed by atoms with Gasteiger partial charge in [0.2, 0.25) is 5.79 Å². The third-order valence-corrected chi connectivity index (χ3v) is 3.57. The largest absolute Gasteiger partial charge is 0.364 e. The van der Waals surface area contributed by atoms with Crippen LogP contribution in [0.5, 0.6) is 0 Å². The van der Waals surface area contributed by atoms with Crippen LogP contribution in [0.4, 0.5) is 0 Å². The number of ether oxygens (including phenoxy) is 3. The summed E-state index contributed by atoms with van der Waals surface area (Å²) in [7, 11) is 0. The molecule has 0 aromatic rings. The first-order valence-electron chi connectivity index (χ1n) is 5.56. The third kappa shape index (κ3) is 1.35. The molecule has 4 heteroatoms. The van der Waals surface area contributed by atoms with Crippen LogP contribution in [0.15, 0.2) is 0 Å². The normalized spacial score (nSPS) is 49.9. The fourth-order valence-electron chi connectivity index (χ4n) is 2.58. The molecule has 4 rings (SSSR count). The van der Waals surface area contributed by atoms with E-state index >= 15 is 0 Å². The lowest BCUT2D eigenvalue weighted by molar-refractivity contribution is -0.310. The van der Waals surface area contributed by atoms with Crippen LogP contribution in [0.1, 0.15) is 26.2 Å². The van der Waals surface area contributed by atoms with E-state index in [1.54, 1.807) is 0 Å². The lowest BCUT2D eigenvalue weighted by Crippen LogP contribution is -2.56. The fraction of sp³-hybridized carbons (Fsp3) is 0.909. The van der Waals surface area contributed by atoms with E-state index in [0.717, 1.165) is 12.8 Å². The van der Waals surface area contributed by atoms with Gasteiger partial charge in [0, 0.05) is 18.3 Å². The highest BCUT2D eigenvalue weighted by atomic mass is 16.7. The Bertz CT molecular complexity index is 291. The molecule has 3 heterocycles. The first-order chi connectivity index (χ1) is 7.14. The predicted molar refractivity (Wildman–Crippen MR) is 51.3 cm³/mol. The molecule has 2 bridgehead atoms. The van der Waals surface area contributed by atoms with Crippen molar-refractivity contribution >= 4 is 5.78 Å². The first kappa shape index (κ1) is 9.75. The second kappa shape index (κ2) is 3.03. The summed E-state index contributed by atoms with van der Waals surface area (Å²) < 4.78 is 17.3. The SMILES string of the molecule is CC12COC3C(=O)CCCC3(OC1)OC2. The zero-order chi connectivity index (χ0) is 10.5. The van der Waals surface area contributed by atoms with Crippen LogP contribution in [-0.2, 0) is 19.0 Å². The number of carbonyl (C=O) groups excluding carboxylic acids is 1. The first-order valence-corrected chi connectivity index (χ1v) is 5.56. The van der Waals surface area contributed by atoms with Crippen LogP contribution < -0.4 is 0 Å². The fourth-order valence-corrected chi connectivity index (χ4v) is 2.58. The highest BCUT2D eigenvalue weighted by Gasteiger charge is 2.56. The Morgan fingerprint density at radius 3 is 2.73 bits per heavy atom. The smallest absolute Gasteiger partial charge is 0.202 e. The van der Waals surface area contributed by atoms with Crippen LogP contribution in [0.3, 0.4) is 0 Å². The molecule has 4 fully saturated rings. The third-order valence-electron chi connectivity index (χ3n) is 3.57. The van der Waals surface area contributed by atoms with E-state index in [0.29, 0.717) is 26.2 Å². The van der Waals surface area contributed by atoms with Crippen molar-refractivity contribution in [3.05, 3.63) is 0 Å². The minimum Gasteiger partial charge on any atom is -0.364 e. The van der Waals surface area contributed by atoms with Gasteiger partial charge in [-0.15, -0.1) is 0 Å². The van der Waals surface area contributed by atoms with Crippen molar-refractivity contribution in [2.45, 2.75) is 38.1 Å². The van der Waals surface area contributed by atoms with Gasteiger partial charge in [0.25, 0.3) is 0 Å². The van der Waals surface area contributed by atoms with E-state index in [1.165, 1.54) is 0 Å². The predicted octanol–water partition coefficient (Wildman–Crippen LogP) is 0.888. The molecule has 0 radical (unpaired) electrons. The zero-order valence-corrected chi connectivity index (χ0v) is 8.95. The quantitative estimate of drug-likeness (QED) is 0.598. The molecule has 3 aliphatic heterocycles. The van der Waals surface area contributed by atoms with Crippen molar-refractivity contribution in [2.75, 3.05) is 19.8 Å². The van der Waals surface area contributed by atoms with E-state index in [2.05, 4.69) is 6.92 Å². The summed E-state index contributed by atoms with van der Waals surface area (Å²) in [5.74, 6) is -0.627. The van der Waals surface area contributed by atoms with Gasteiger partial charge in [-0.05, 0) is 6.42 Å². The molecule has 3 saturated heterocycles. The molecule has 1 unspecified atom stereocenters. The lowest BCUT2D eigenvalue weighted by atomic mass is 9.88. The Hall–Kier alpha value is -0.450. The molecule has 0 N–H and O–H groups in total. The van der Waals surface area contributed by atoms with Crippen LogP contribution in [0, 0.1) is 5.41 Å². The molecule has 0 aromatic heterocycles. The maximum absolute atomic E-state index is 11.8. The molecule has 1 atom stereocenters. The second-order valence-electron chi connectivity index (χ2n) is 5.21. The number of carbonyl (C=O) groups is 1. The zero-order valence-electron chi connectivity index (χ0n) is 8.95. The molecule has 1 spiro atoms. The molecular weight excluding hydrogens is 196 g/mol. The van der Waals surface area contributed by atoms with E-state index < -0.39 is 11.9 Å². The van der Waals surface area contributed by atoms with Gasteiger partial charge in [0.05, 0.1) is 19.8 Å². The Labute approximate surface area is 88.9 Å². The summed E-state index contributed by atoms with van der Waals surface area (Å²) in [5.41, 5.74) is -0.0805. The number of hydrogen-bond donors (Lipinski definition) is 0.